The molecule has 1 heterocycles. The predicted octanol–water partition coefficient (Wildman–Crippen LogP) is 2.64. The summed E-state index contributed by atoms with van der Waals surface area (Å²) in [5, 5.41) is 0. The van der Waals surface area contributed by atoms with E-state index in [9.17, 15) is 0 Å². The first-order valence-corrected chi connectivity index (χ1v) is 7.99. The normalized spacial score (nSPS) is 39.0. The highest BCUT2D eigenvalue weighted by atomic mass is 16.5. The molecule has 2 rings (SSSR count). The van der Waals surface area contributed by atoms with Gasteiger partial charge >= 0.3 is 0 Å². The third kappa shape index (κ3) is 3.93. The van der Waals surface area contributed by atoms with Crippen molar-refractivity contribution in [2.75, 3.05) is 19.7 Å². The number of hydrogen-bond acceptors (Lipinski definition) is 3. The molecule has 2 aliphatic rings. The second kappa shape index (κ2) is 6.11. The van der Waals surface area contributed by atoms with Crippen molar-refractivity contribution in [2.45, 2.75) is 71.6 Å². The largest absolute Gasteiger partial charge is 0.377 e. The van der Waals surface area contributed by atoms with Crippen molar-refractivity contribution < 1.29 is 4.74 Å². The van der Waals surface area contributed by atoms with Crippen molar-refractivity contribution in [3.05, 3.63) is 0 Å². The molecule has 2 fully saturated rings. The van der Waals surface area contributed by atoms with E-state index in [1.807, 2.05) is 0 Å². The molecule has 0 amide bonds. The monoisotopic (exact) mass is 268 g/mol. The van der Waals surface area contributed by atoms with Gasteiger partial charge in [-0.05, 0) is 43.9 Å². The van der Waals surface area contributed by atoms with Crippen LogP contribution in [0.3, 0.4) is 0 Å². The van der Waals surface area contributed by atoms with E-state index in [0.717, 1.165) is 32.0 Å². The maximum Gasteiger partial charge on any atom is 0.0674 e. The topological polar surface area (TPSA) is 38.5 Å². The minimum Gasteiger partial charge on any atom is -0.377 e. The molecule has 112 valence electrons. The Morgan fingerprint density at radius 3 is 2.63 bits per heavy atom. The van der Waals surface area contributed by atoms with Crippen LogP contribution in [0.2, 0.25) is 0 Å². The molecular weight excluding hydrogens is 236 g/mol. The molecule has 4 atom stereocenters. The van der Waals surface area contributed by atoms with Gasteiger partial charge in [-0.15, -0.1) is 0 Å². The van der Waals surface area contributed by atoms with E-state index in [-0.39, 0.29) is 0 Å². The summed E-state index contributed by atoms with van der Waals surface area (Å²) in [5.74, 6) is 0.803. The number of nitrogens with two attached hydrogens (primary N) is 1. The van der Waals surface area contributed by atoms with Crippen LogP contribution >= 0.6 is 0 Å². The van der Waals surface area contributed by atoms with E-state index in [2.05, 4.69) is 32.6 Å². The third-order valence-electron chi connectivity index (χ3n) is 5.05. The van der Waals surface area contributed by atoms with Crippen LogP contribution in [-0.2, 0) is 4.74 Å². The molecule has 3 nitrogen and oxygen atoms in total. The van der Waals surface area contributed by atoms with Crippen molar-refractivity contribution in [1.29, 1.82) is 0 Å². The van der Waals surface area contributed by atoms with Crippen molar-refractivity contribution in [3.63, 3.8) is 0 Å². The Morgan fingerprint density at radius 1 is 1.21 bits per heavy atom. The Hall–Kier alpha value is -0.120. The molecule has 19 heavy (non-hydrogen) atoms. The van der Waals surface area contributed by atoms with Crippen LogP contribution < -0.4 is 5.73 Å². The second-order valence-corrected chi connectivity index (χ2v) is 7.64. The summed E-state index contributed by atoms with van der Waals surface area (Å²) in [5.41, 5.74) is 6.84. The van der Waals surface area contributed by atoms with Gasteiger partial charge in [0, 0.05) is 31.8 Å². The van der Waals surface area contributed by atoms with Crippen molar-refractivity contribution in [3.8, 4) is 0 Å². The summed E-state index contributed by atoms with van der Waals surface area (Å²) in [4.78, 5) is 2.61. The van der Waals surface area contributed by atoms with Crippen LogP contribution in [-0.4, -0.2) is 42.8 Å². The van der Waals surface area contributed by atoms with Gasteiger partial charge < -0.3 is 10.5 Å². The Kier molecular flexibility index (Phi) is 4.91. The van der Waals surface area contributed by atoms with Gasteiger partial charge in [-0.1, -0.05) is 20.8 Å². The molecule has 1 aliphatic heterocycles. The van der Waals surface area contributed by atoms with Gasteiger partial charge in [-0.3, -0.25) is 4.90 Å². The molecule has 2 N–H and O–H groups in total. The molecular formula is C16H32N2O. The van der Waals surface area contributed by atoms with E-state index in [1.54, 1.807) is 0 Å². The molecule has 0 aromatic carbocycles. The average molecular weight is 268 g/mol. The van der Waals surface area contributed by atoms with Gasteiger partial charge in [0.2, 0.25) is 0 Å². The van der Waals surface area contributed by atoms with E-state index in [4.69, 9.17) is 10.5 Å². The van der Waals surface area contributed by atoms with Crippen LogP contribution in [0, 0.1) is 11.3 Å². The number of ether oxygens (including phenoxy) is 1. The highest BCUT2D eigenvalue weighted by Crippen LogP contribution is 2.39. The first-order valence-electron chi connectivity index (χ1n) is 7.99. The first-order chi connectivity index (χ1) is 8.88. The van der Waals surface area contributed by atoms with Crippen LogP contribution in [0.15, 0.2) is 0 Å². The quantitative estimate of drug-likeness (QED) is 0.794. The summed E-state index contributed by atoms with van der Waals surface area (Å²) in [6.45, 7) is 12.4. The lowest BCUT2D eigenvalue weighted by molar-refractivity contribution is 0.0364. The Bertz CT molecular complexity index is 287. The lowest BCUT2D eigenvalue weighted by atomic mass is 9.69. The minimum absolute atomic E-state index is 0.351. The van der Waals surface area contributed by atoms with E-state index in [1.165, 1.54) is 19.3 Å². The summed E-state index contributed by atoms with van der Waals surface area (Å²) >= 11 is 0. The Balaban J connectivity index is 2.03. The maximum atomic E-state index is 6.43. The number of rotatable bonds is 1. The van der Waals surface area contributed by atoms with Gasteiger partial charge in [-0.25, -0.2) is 0 Å². The lowest BCUT2D eigenvalue weighted by Crippen LogP contribution is -2.53. The predicted molar refractivity (Wildman–Crippen MR) is 80.2 cm³/mol. The molecule has 0 aromatic rings. The fourth-order valence-electron chi connectivity index (χ4n) is 3.70. The highest BCUT2D eigenvalue weighted by Gasteiger charge is 2.37. The maximum absolute atomic E-state index is 6.43. The minimum atomic E-state index is 0.351. The zero-order valence-electron chi connectivity index (χ0n) is 13.2. The summed E-state index contributed by atoms with van der Waals surface area (Å²) < 4.78 is 5.77. The molecule has 0 aromatic heterocycles. The lowest BCUT2D eigenvalue weighted by Gasteiger charge is -2.45. The number of hydrogen-bond donors (Lipinski definition) is 1. The Morgan fingerprint density at radius 2 is 1.95 bits per heavy atom. The molecule has 0 radical (unpaired) electrons. The van der Waals surface area contributed by atoms with Gasteiger partial charge in [0.1, 0.15) is 0 Å². The SMILES string of the molecule is CC1CN(C2CC(C(C)(C)C)CCC2N)CCCO1. The van der Waals surface area contributed by atoms with Crippen LogP contribution in [0.5, 0.6) is 0 Å². The van der Waals surface area contributed by atoms with E-state index < -0.39 is 0 Å². The highest BCUT2D eigenvalue weighted by molar-refractivity contribution is 4.93. The standard InChI is InChI=1S/C16H32N2O/c1-12-11-18(8-5-9-19-12)15-10-13(16(2,3)4)6-7-14(15)17/h12-15H,5-11,17H2,1-4H3. The molecule has 0 bridgehead atoms. The molecule has 1 saturated heterocycles. The molecule has 1 aliphatic carbocycles. The van der Waals surface area contributed by atoms with E-state index in [0.29, 0.717) is 23.6 Å². The van der Waals surface area contributed by atoms with Gasteiger partial charge in [0.25, 0.3) is 0 Å². The fourth-order valence-corrected chi connectivity index (χ4v) is 3.70. The van der Waals surface area contributed by atoms with Gasteiger partial charge in [-0.2, -0.15) is 0 Å². The zero-order valence-corrected chi connectivity index (χ0v) is 13.2. The summed E-state index contributed by atoms with van der Waals surface area (Å²) in [6, 6.07) is 0.908. The molecule has 1 saturated carbocycles. The second-order valence-electron chi connectivity index (χ2n) is 7.64. The third-order valence-corrected chi connectivity index (χ3v) is 5.05. The van der Waals surface area contributed by atoms with Crippen molar-refractivity contribution >= 4 is 0 Å². The smallest absolute Gasteiger partial charge is 0.0674 e. The molecule has 3 heteroatoms. The van der Waals surface area contributed by atoms with Crippen LogP contribution in [0.4, 0.5) is 0 Å². The van der Waals surface area contributed by atoms with E-state index >= 15 is 0 Å². The number of nitrogens with zero attached hydrogens (tertiary/aromatic N) is 1. The van der Waals surface area contributed by atoms with Gasteiger partial charge in [0.05, 0.1) is 6.10 Å². The molecule has 4 unspecified atom stereocenters. The summed E-state index contributed by atoms with van der Waals surface area (Å²) in [6.07, 6.45) is 5.23. The summed E-state index contributed by atoms with van der Waals surface area (Å²) in [7, 11) is 0. The molecule has 0 spiro atoms. The zero-order chi connectivity index (χ0) is 14.0. The van der Waals surface area contributed by atoms with Crippen LogP contribution in [0.25, 0.3) is 0 Å². The van der Waals surface area contributed by atoms with Crippen LogP contribution in [0.1, 0.15) is 53.4 Å². The van der Waals surface area contributed by atoms with Gasteiger partial charge in [0.15, 0.2) is 0 Å². The average Bonchev–Trinajstić information content (AvgIpc) is 2.53. The first kappa shape index (κ1) is 15.3. The fraction of sp³-hybridized carbons (Fsp3) is 1.00. The van der Waals surface area contributed by atoms with Crippen molar-refractivity contribution in [2.24, 2.45) is 17.1 Å². The van der Waals surface area contributed by atoms with Crippen molar-refractivity contribution in [1.82, 2.24) is 4.90 Å². The Labute approximate surface area is 118 Å².